The molecule has 0 radical (unpaired) electrons. The van der Waals surface area contributed by atoms with E-state index in [-0.39, 0.29) is 18.0 Å². The second-order valence-corrected chi connectivity index (χ2v) is 5.60. The zero-order chi connectivity index (χ0) is 17.7. The maximum atomic E-state index is 12.1. The van der Waals surface area contributed by atoms with E-state index in [1.165, 1.54) is 12.1 Å². The second kappa shape index (κ2) is 7.59. The van der Waals surface area contributed by atoms with Crippen LogP contribution in [-0.2, 0) is 11.2 Å². The Morgan fingerprint density at radius 3 is 2.67 bits per heavy atom. The molecule has 24 heavy (non-hydrogen) atoms. The van der Waals surface area contributed by atoms with E-state index >= 15 is 0 Å². The molecule has 0 aliphatic heterocycles. The van der Waals surface area contributed by atoms with Crippen LogP contribution >= 0.6 is 0 Å². The predicted molar refractivity (Wildman–Crippen MR) is 92.5 cm³/mol. The molecule has 1 amide bonds. The summed E-state index contributed by atoms with van der Waals surface area (Å²) in [6, 6.07) is 9.88. The Morgan fingerprint density at radius 1 is 1.25 bits per heavy atom. The first-order chi connectivity index (χ1) is 11.4. The molecule has 2 rings (SSSR count). The Balaban J connectivity index is 2.00. The minimum absolute atomic E-state index is 0.0494. The first kappa shape index (κ1) is 17.5. The van der Waals surface area contributed by atoms with Crippen molar-refractivity contribution in [2.45, 2.75) is 26.7 Å². The Labute approximate surface area is 140 Å². The molecule has 0 aliphatic carbocycles. The van der Waals surface area contributed by atoms with Crippen LogP contribution in [0.1, 0.15) is 23.1 Å². The number of hydrogen-bond donors (Lipinski definition) is 1. The van der Waals surface area contributed by atoms with Gasteiger partial charge in [-0.3, -0.25) is 14.9 Å². The molecule has 0 unspecified atom stereocenters. The monoisotopic (exact) mass is 328 g/mol. The van der Waals surface area contributed by atoms with Crippen molar-refractivity contribution in [3.05, 3.63) is 63.2 Å². The van der Waals surface area contributed by atoms with E-state index in [1.54, 1.807) is 19.2 Å². The summed E-state index contributed by atoms with van der Waals surface area (Å²) in [5, 5.41) is 13.4. The number of non-ortho nitro benzene ring substituents is 1. The van der Waals surface area contributed by atoms with E-state index < -0.39 is 4.92 Å². The van der Waals surface area contributed by atoms with E-state index in [0.717, 1.165) is 22.4 Å². The smallest absolute Gasteiger partial charge is 0.271 e. The molecule has 2 aromatic rings. The van der Waals surface area contributed by atoms with Gasteiger partial charge >= 0.3 is 0 Å². The van der Waals surface area contributed by atoms with Crippen LogP contribution in [0.3, 0.4) is 0 Å². The highest BCUT2D eigenvalue weighted by Gasteiger charge is 2.10. The number of ether oxygens (including phenoxy) is 1. The molecule has 0 fully saturated rings. The van der Waals surface area contributed by atoms with Gasteiger partial charge in [0.1, 0.15) is 5.75 Å². The summed E-state index contributed by atoms with van der Waals surface area (Å²) < 4.78 is 5.34. The number of nitro benzene ring substituents is 1. The van der Waals surface area contributed by atoms with Gasteiger partial charge in [-0.2, -0.15) is 0 Å². The molecule has 126 valence electrons. The molecular formula is C18H20N2O4. The number of nitrogens with zero attached hydrogens (tertiary/aromatic N) is 1. The van der Waals surface area contributed by atoms with Gasteiger partial charge in [0.25, 0.3) is 5.69 Å². The number of carbonyl (C=O) groups is 1. The molecule has 0 spiro atoms. The van der Waals surface area contributed by atoms with Crippen LogP contribution in [0.5, 0.6) is 5.75 Å². The molecule has 1 N–H and O–H groups in total. The first-order valence-electron chi connectivity index (χ1n) is 7.59. The van der Waals surface area contributed by atoms with Crippen molar-refractivity contribution in [3.63, 3.8) is 0 Å². The summed E-state index contributed by atoms with van der Waals surface area (Å²) in [6.07, 6.45) is 0.854. The Kier molecular flexibility index (Phi) is 5.52. The van der Waals surface area contributed by atoms with Crippen LogP contribution in [0.4, 0.5) is 11.4 Å². The first-order valence-corrected chi connectivity index (χ1v) is 7.59. The van der Waals surface area contributed by atoms with Crippen LogP contribution < -0.4 is 10.1 Å². The number of carbonyl (C=O) groups excluding carboxylic acids is 1. The summed E-state index contributed by atoms with van der Waals surface area (Å²) >= 11 is 0. The van der Waals surface area contributed by atoms with Crippen molar-refractivity contribution in [1.82, 2.24) is 0 Å². The summed E-state index contributed by atoms with van der Waals surface area (Å²) in [5.41, 5.74) is 3.59. The van der Waals surface area contributed by atoms with Gasteiger partial charge < -0.3 is 10.1 Å². The number of aryl methyl sites for hydroxylation is 2. The molecule has 0 saturated heterocycles. The van der Waals surface area contributed by atoms with Crippen molar-refractivity contribution in [2.75, 3.05) is 12.4 Å². The molecule has 0 heterocycles. The number of nitro groups is 1. The lowest BCUT2D eigenvalue weighted by molar-refractivity contribution is -0.384. The number of anilines is 1. The lowest BCUT2D eigenvalue weighted by Gasteiger charge is -2.11. The molecule has 6 heteroatoms. The zero-order valence-electron chi connectivity index (χ0n) is 14.0. The van der Waals surface area contributed by atoms with Gasteiger partial charge in [0.15, 0.2) is 0 Å². The Morgan fingerprint density at radius 2 is 2.00 bits per heavy atom. The summed E-state index contributed by atoms with van der Waals surface area (Å²) in [7, 11) is 1.63. The average Bonchev–Trinajstić information content (AvgIpc) is 2.56. The van der Waals surface area contributed by atoms with Crippen LogP contribution in [-0.4, -0.2) is 17.9 Å². The highest BCUT2D eigenvalue weighted by atomic mass is 16.6. The molecule has 0 saturated carbocycles. The highest BCUT2D eigenvalue weighted by molar-refractivity contribution is 5.91. The number of rotatable bonds is 6. The summed E-state index contributed by atoms with van der Waals surface area (Å²) in [4.78, 5) is 22.3. The standard InChI is InChI=1S/C18H20N2O4/c1-12-9-14(10-17(24-3)13(12)2)7-8-18(21)19-15-5-4-6-16(11-15)20(22)23/h4-6,9-11H,7-8H2,1-3H3,(H,19,21). The minimum atomic E-state index is -0.489. The molecule has 6 nitrogen and oxygen atoms in total. The molecule has 0 atom stereocenters. The topological polar surface area (TPSA) is 81.5 Å². The Hall–Kier alpha value is -2.89. The van der Waals surface area contributed by atoms with Gasteiger partial charge in [0, 0.05) is 24.2 Å². The van der Waals surface area contributed by atoms with Crippen LogP contribution in [0.25, 0.3) is 0 Å². The van der Waals surface area contributed by atoms with Crippen molar-refractivity contribution in [3.8, 4) is 5.75 Å². The zero-order valence-corrected chi connectivity index (χ0v) is 14.0. The quantitative estimate of drug-likeness (QED) is 0.646. The van der Waals surface area contributed by atoms with Crippen LogP contribution in [0.2, 0.25) is 0 Å². The van der Waals surface area contributed by atoms with Crippen molar-refractivity contribution >= 4 is 17.3 Å². The fourth-order valence-electron chi connectivity index (χ4n) is 2.43. The maximum Gasteiger partial charge on any atom is 0.271 e. The number of nitrogens with one attached hydrogen (secondary N) is 1. The fourth-order valence-corrected chi connectivity index (χ4v) is 2.43. The van der Waals surface area contributed by atoms with Crippen molar-refractivity contribution in [1.29, 1.82) is 0 Å². The third kappa shape index (κ3) is 4.32. The average molecular weight is 328 g/mol. The lowest BCUT2D eigenvalue weighted by atomic mass is 10.0. The van der Waals surface area contributed by atoms with Crippen molar-refractivity contribution < 1.29 is 14.5 Å². The van der Waals surface area contributed by atoms with Crippen LogP contribution in [0.15, 0.2) is 36.4 Å². The van der Waals surface area contributed by atoms with E-state index in [4.69, 9.17) is 4.74 Å². The van der Waals surface area contributed by atoms with E-state index in [1.807, 2.05) is 26.0 Å². The maximum absolute atomic E-state index is 12.1. The highest BCUT2D eigenvalue weighted by Crippen LogP contribution is 2.24. The normalized spacial score (nSPS) is 10.3. The summed E-state index contributed by atoms with van der Waals surface area (Å²) in [5.74, 6) is 0.622. The van der Waals surface area contributed by atoms with Gasteiger partial charge in [-0.15, -0.1) is 0 Å². The molecule has 2 aromatic carbocycles. The third-order valence-electron chi connectivity index (χ3n) is 3.88. The van der Waals surface area contributed by atoms with Gasteiger partial charge in [-0.05, 0) is 49.1 Å². The summed E-state index contributed by atoms with van der Waals surface area (Å²) in [6.45, 7) is 4.00. The number of methoxy groups -OCH3 is 1. The molecule has 0 aromatic heterocycles. The number of hydrogen-bond acceptors (Lipinski definition) is 4. The fraction of sp³-hybridized carbons (Fsp3) is 0.278. The SMILES string of the molecule is COc1cc(CCC(=O)Nc2cccc([N+](=O)[O-])c2)cc(C)c1C. The molecule has 0 aliphatic rings. The van der Waals surface area contributed by atoms with Crippen LogP contribution in [0, 0.1) is 24.0 Å². The van der Waals surface area contributed by atoms with Crippen molar-refractivity contribution in [2.24, 2.45) is 0 Å². The largest absolute Gasteiger partial charge is 0.496 e. The predicted octanol–water partition coefficient (Wildman–Crippen LogP) is 3.79. The van der Waals surface area contributed by atoms with Gasteiger partial charge in [0.05, 0.1) is 12.0 Å². The Bertz CT molecular complexity index is 772. The van der Waals surface area contributed by atoms with Gasteiger partial charge in [-0.25, -0.2) is 0 Å². The van der Waals surface area contributed by atoms with Gasteiger partial charge in [0.2, 0.25) is 5.91 Å². The second-order valence-electron chi connectivity index (χ2n) is 5.60. The van der Waals surface area contributed by atoms with E-state index in [9.17, 15) is 14.9 Å². The molecular weight excluding hydrogens is 308 g/mol. The van der Waals surface area contributed by atoms with Gasteiger partial charge in [-0.1, -0.05) is 12.1 Å². The lowest BCUT2D eigenvalue weighted by Crippen LogP contribution is -2.12. The van der Waals surface area contributed by atoms with E-state index in [0.29, 0.717) is 12.1 Å². The number of benzene rings is 2. The number of amides is 1. The minimum Gasteiger partial charge on any atom is -0.496 e. The van der Waals surface area contributed by atoms with E-state index in [2.05, 4.69) is 5.32 Å². The molecule has 0 bridgehead atoms. The third-order valence-corrected chi connectivity index (χ3v) is 3.88.